The summed E-state index contributed by atoms with van der Waals surface area (Å²) in [5.41, 5.74) is 0.236. The van der Waals surface area contributed by atoms with Crippen molar-refractivity contribution in [1.82, 2.24) is 14.7 Å². The zero-order chi connectivity index (χ0) is 20.3. The van der Waals surface area contributed by atoms with Gasteiger partial charge < -0.3 is 10.2 Å². The van der Waals surface area contributed by atoms with Gasteiger partial charge in [0.25, 0.3) is 5.91 Å². The van der Waals surface area contributed by atoms with Gasteiger partial charge in [0.05, 0.1) is 12.2 Å². The largest absolute Gasteiger partial charge is 0.343 e. The second-order valence-corrected chi connectivity index (χ2v) is 8.47. The number of carbonyl (C=O) groups is 2. The van der Waals surface area contributed by atoms with Crippen molar-refractivity contribution in [2.45, 2.75) is 46.1 Å². The molecule has 0 radical (unpaired) electrons. The summed E-state index contributed by atoms with van der Waals surface area (Å²) in [6, 6.07) is 7.42. The number of benzene rings is 1. The van der Waals surface area contributed by atoms with Gasteiger partial charge in [0.1, 0.15) is 11.6 Å². The number of halogens is 1. The molecule has 1 aliphatic heterocycles. The molecule has 0 bridgehead atoms. The highest BCUT2D eigenvalue weighted by atomic mass is 19.1. The first-order chi connectivity index (χ1) is 13.2. The lowest BCUT2D eigenvalue weighted by Gasteiger charge is -2.34. The highest BCUT2D eigenvalue weighted by molar-refractivity contribution is 6.03. The predicted octanol–water partition coefficient (Wildman–Crippen LogP) is 3.87. The van der Waals surface area contributed by atoms with Crippen molar-refractivity contribution >= 4 is 17.6 Å². The van der Waals surface area contributed by atoms with E-state index in [1.54, 1.807) is 23.0 Å². The van der Waals surface area contributed by atoms with Crippen molar-refractivity contribution < 1.29 is 14.0 Å². The second-order valence-electron chi connectivity index (χ2n) is 8.47. The number of carbonyl (C=O) groups excluding carboxylic acids is 2. The lowest BCUT2D eigenvalue weighted by molar-refractivity contribution is -0.134. The van der Waals surface area contributed by atoms with E-state index in [4.69, 9.17) is 0 Å². The normalized spacial score (nSPS) is 15.5. The smallest absolute Gasteiger partial charge is 0.256 e. The number of nitrogens with one attached hydrogen (secondary N) is 1. The van der Waals surface area contributed by atoms with Crippen LogP contribution in [0.2, 0.25) is 0 Å². The molecule has 0 unspecified atom stereocenters. The maximum Gasteiger partial charge on any atom is 0.256 e. The minimum absolute atomic E-state index is 0.0235. The van der Waals surface area contributed by atoms with E-state index in [2.05, 4.69) is 31.2 Å². The minimum Gasteiger partial charge on any atom is -0.343 e. The molecule has 6 nitrogen and oxygen atoms in total. The molecule has 0 atom stereocenters. The van der Waals surface area contributed by atoms with E-state index in [0.717, 1.165) is 12.8 Å². The molecule has 0 saturated carbocycles. The van der Waals surface area contributed by atoms with Crippen LogP contribution in [0.1, 0.15) is 56.4 Å². The van der Waals surface area contributed by atoms with E-state index in [0.29, 0.717) is 25.3 Å². The fourth-order valence-corrected chi connectivity index (χ4v) is 3.45. The summed E-state index contributed by atoms with van der Waals surface area (Å²) < 4.78 is 15.1. The summed E-state index contributed by atoms with van der Waals surface area (Å²) >= 11 is 0. The molecule has 1 aromatic heterocycles. The lowest BCUT2D eigenvalue weighted by Crippen LogP contribution is -2.40. The number of rotatable bonds is 4. The molecule has 1 N–H and O–H groups in total. The number of nitrogens with zero attached hydrogens (tertiary/aromatic N) is 3. The van der Waals surface area contributed by atoms with Gasteiger partial charge in [0.15, 0.2) is 0 Å². The first-order valence-electron chi connectivity index (χ1n) is 9.61. The van der Waals surface area contributed by atoms with Gasteiger partial charge in [-0.3, -0.25) is 9.59 Å². The van der Waals surface area contributed by atoms with Gasteiger partial charge in [0, 0.05) is 31.1 Å². The van der Waals surface area contributed by atoms with Crippen LogP contribution < -0.4 is 5.32 Å². The van der Waals surface area contributed by atoms with E-state index in [1.165, 1.54) is 18.2 Å². The molecule has 1 saturated heterocycles. The summed E-state index contributed by atoms with van der Waals surface area (Å²) in [7, 11) is 0. The van der Waals surface area contributed by atoms with Gasteiger partial charge >= 0.3 is 0 Å². The Kier molecular flexibility index (Phi) is 5.82. The Morgan fingerprint density at radius 1 is 1.21 bits per heavy atom. The maximum atomic E-state index is 13.4. The molecular formula is C21H27FN4O2. The average Bonchev–Trinajstić information content (AvgIpc) is 3.08. The Labute approximate surface area is 164 Å². The van der Waals surface area contributed by atoms with E-state index in [1.807, 2.05) is 4.90 Å². The van der Waals surface area contributed by atoms with Crippen LogP contribution in [-0.4, -0.2) is 39.6 Å². The molecule has 1 aliphatic rings. The fourth-order valence-electron chi connectivity index (χ4n) is 3.45. The van der Waals surface area contributed by atoms with E-state index < -0.39 is 5.82 Å². The van der Waals surface area contributed by atoms with Gasteiger partial charge in [-0.1, -0.05) is 26.8 Å². The Morgan fingerprint density at radius 3 is 2.57 bits per heavy atom. The highest BCUT2D eigenvalue weighted by Crippen LogP contribution is 2.27. The number of piperidine rings is 1. The molecule has 150 valence electrons. The van der Waals surface area contributed by atoms with Crippen LogP contribution >= 0.6 is 0 Å². The van der Waals surface area contributed by atoms with Gasteiger partial charge in [0.2, 0.25) is 5.91 Å². The van der Waals surface area contributed by atoms with Crippen molar-refractivity contribution in [3.63, 3.8) is 0 Å². The van der Waals surface area contributed by atoms with Crippen LogP contribution in [0.5, 0.6) is 0 Å². The van der Waals surface area contributed by atoms with Crippen molar-refractivity contribution in [1.29, 1.82) is 0 Å². The van der Waals surface area contributed by atoms with E-state index >= 15 is 0 Å². The zero-order valence-electron chi connectivity index (χ0n) is 16.6. The summed E-state index contributed by atoms with van der Waals surface area (Å²) in [4.78, 5) is 26.7. The Morgan fingerprint density at radius 2 is 1.93 bits per heavy atom. The number of anilines is 1. The predicted molar refractivity (Wildman–Crippen MR) is 106 cm³/mol. The van der Waals surface area contributed by atoms with Crippen LogP contribution in [0.3, 0.4) is 0 Å². The molecule has 28 heavy (non-hydrogen) atoms. The summed E-state index contributed by atoms with van der Waals surface area (Å²) in [6.07, 6.45) is 3.73. The molecule has 1 aromatic carbocycles. The first-order valence-corrected chi connectivity index (χ1v) is 9.61. The van der Waals surface area contributed by atoms with Gasteiger partial charge in [-0.25, -0.2) is 9.07 Å². The molecule has 2 aromatic rings. The van der Waals surface area contributed by atoms with Crippen molar-refractivity contribution in [2.75, 3.05) is 18.4 Å². The Balaban J connectivity index is 1.62. The number of hydrogen-bond donors (Lipinski definition) is 1. The quantitative estimate of drug-likeness (QED) is 0.867. The Hall–Kier alpha value is -2.70. The van der Waals surface area contributed by atoms with Crippen LogP contribution in [0.15, 0.2) is 36.5 Å². The van der Waals surface area contributed by atoms with Gasteiger partial charge in [-0.15, -0.1) is 0 Å². The SMILES string of the molecule is CC(C)(C)CC(=O)N1CCC(n2nccc2NC(=O)c2cccc(F)c2)CC1. The van der Waals surface area contributed by atoms with Crippen LogP contribution in [-0.2, 0) is 4.79 Å². The number of likely N-dealkylation sites (tertiary alicyclic amines) is 1. The molecule has 0 aliphatic carbocycles. The number of amides is 2. The standard InChI is InChI=1S/C21H27FN4O2/c1-21(2,3)14-19(27)25-11-8-17(9-12-25)26-18(7-10-23-26)24-20(28)15-5-4-6-16(22)13-15/h4-7,10,13,17H,8-9,11-12,14H2,1-3H3,(H,24,28). The molecule has 2 amide bonds. The fraction of sp³-hybridized carbons (Fsp3) is 0.476. The Bertz CT molecular complexity index is 848. The summed E-state index contributed by atoms with van der Waals surface area (Å²) in [6.45, 7) is 7.55. The summed E-state index contributed by atoms with van der Waals surface area (Å²) in [5.74, 6) is -0.0627. The van der Waals surface area contributed by atoms with Crippen molar-refractivity contribution in [3.8, 4) is 0 Å². The molecule has 2 heterocycles. The zero-order valence-corrected chi connectivity index (χ0v) is 16.6. The summed E-state index contributed by atoms with van der Waals surface area (Å²) in [5, 5.41) is 7.17. The van der Waals surface area contributed by atoms with E-state index in [-0.39, 0.29) is 28.8 Å². The van der Waals surface area contributed by atoms with E-state index in [9.17, 15) is 14.0 Å². The van der Waals surface area contributed by atoms with Gasteiger partial charge in [-0.2, -0.15) is 5.10 Å². The minimum atomic E-state index is -0.451. The van der Waals surface area contributed by atoms with Gasteiger partial charge in [-0.05, 0) is 36.5 Å². The van der Waals surface area contributed by atoms with Crippen molar-refractivity contribution in [2.24, 2.45) is 5.41 Å². The van der Waals surface area contributed by atoms with Crippen LogP contribution in [0.4, 0.5) is 10.2 Å². The number of hydrogen-bond acceptors (Lipinski definition) is 3. The number of aromatic nitrogens is 2. The molecule has 0 spiro atoms. The molecule has 1 fully saturated rings. The second kappa shape index (κ2) is 8.12. The van der Waals surface area contributed by atoms with Crippen LogP contribution in [0, 0.1) is 11.2 Å². The third kappa shape index (κ3) is 4.97. The topological polar surface area (TPSA) is 67.2 Å². The highest BCUT2D eigenvalue weighted by Gasteiger charge is 2.28. The third-order valence-electron chi connectivity index (χ3n) is 4.84. The molecular weight excluding hydrogens is 359 g/mol. The third-order valence-corrected chi connectivity index (χ3v) is 4.84. The van der Waals surface area contributed by atoms with Crippen LogP contribution in [0.25, 0.3) is 0 Å². The maximum absolute atomic E-state index is 13.4. The first kappa shape index (κ1) is 20.0. The molecule has 7 heteroatoms. The molecule has 3 rings (SSSR count). The average molecular weight is 386 g/mol. The van der Waals surface area contributed by atoms with Crippen molar-refractivity contribution in [3.05, 3.63) is 47.9 Å². The monoisotopic (exact) mass is 386 g/mol. The lowest BCUT2D eigenvalue weighted by atomic mass is 9.91.